The molecule has 3 nitrogen and oxygen atoms in total. The van der Waals surface area contributed by atoms with Crippen molar-refractivity contribution in [1.29, 1.82) is 0 Å². The van der Waals surface area contributed by atoms with Gasteiger partial charge in [0.15, 0.2) is 0 Å². The fourth-order valence-corrected chi connectivity index (χ4v) is 3.31. The second-order valence-corrected chi connectivity index (χ2v) is 6.55. The highest BCUT2D eigenvalue weighted by Crippen LogP contribution is 2.27. The van der Waals surface area contributed by atoms with E-state index in [2.05, 4.69) is 36.1 Å². The van der Waals surface area contributed by atoms with E-state index in [1.54, 1.807) is 23.7 Å². The van der Waals surface area contributed by atoms with Gasteiger partial charge in [-0.2, -0.15) is 0 Å². The minimum absolute atomic E-state index is 0.190. The molecule has 1 N–H and O–H groups in total. The predicted molar refractivity (Wildman–Crippen MR) is 85.6 cm³/mol. The standard InChI is InChI=1S/C15H20ClN3S/c1-4-6-18-14(12-5-7-17-9-13(12)16)8-15-19-10(2)11(3)20-15/h5,7,9,14,18H,4,6,8H2,1-3H3. The van der Waals surface area contributed by atoms with Crippen molar-refractivity contribution in [3.05, 3.63) is 44.6 Å². The van der Waals surface area contributed by atoms with E-state index >= 15 is 0 Å². The lowest BCUT2D eigenvalue weighted by molar-refractivity contribution is 0.528. The number of pyridine rings is 1. The number of nitrogens with zero attached hydrogens (tertiary/aromatic N) is 2. The summed E-state index contributed by atoms with van der Waals surface area (Å²) in [4.78, 5) is 9.98. The minimum atomic E-state index is 0.190. The molecular formula is C15H20ClN3S. The van der Waals surface area contributed by atoms with Gasteiger partial charge < -0.3 is 5.32 Å². The van der Waals surface area contributed by atoms with Gasteiger partial charge in [0.2, 0.25) is 0 Å². The number of thiazole rings is 1. The zero-order valence-corrected chi connectivity index (χ0v) is 13.7. The molecule has 0 saturated carbocycles. The van der Waals surface area contributed by atoms with Gasteiger partial charge in [-0.1, -0.05) is 18.5 Å². The van der Waals surface area contributed by atoms with Crippen molar-refractivity contribution in [2.75, 3.05) is 6.54 Å². The van der Waals surface area contributed by atoms with E-state index < -0.39 is 0 Å². The fourth-order valence-electron chi connectivity index (χ4n) is 2.08. The van der Waals surface area contributed by atoms with Gasteiger partial charge in [0.25, 0.3) is 0 Å². The van der Waals surface area contributed by atoms with Gasteiger partial charge in [-0.05, 0) is 38.4 Å². The van der Waals surface area contributed by atoms with Crippen LogP contribution in [0.15, 0.2) is 18.5 Å². The number of aromatic nitrogens is 2. The Labute approximate surface area is 129 Å². The van der Waals surface area contributed by atoms with Crippen molar-refractivity contribution in [2.24, 2.45) is 0 Å². The molecule has 0 aromatic carbocycles. The Balaban J connectivity index is 2.21. The van der Waals surface area contributed by atoms with Gasteiger partial charge >= 0.3 is 0 Å². The lowest BCUT2D eigenvalue weighted by Gasteiger charge is -2.18. The van der Waals surface area contributed by atoms with Crippen molar-refractivity contribution >= 4 is 22.9 Å². The fraction of sp³-hybridized carbons (Fsp3) is 0.467. The Kier molecular flexibility index (Phi) is 5.52. The molecule has 0 amide bonds. The largest absolute Gasteiger partial charge is 0.310 e. The number of nitrogens with one attached hydrogen (secondary N) is 1. The molecule has 2 aromatic heterocycles. The molecule has 20 heavy (non-hydrogen) atoms. The molecule has 2 aromatic rings. The normalized spacial score (nSPS) is 12.6. The molecule has 0 radical (unpaired) electrons. The van der Waals surface area contributed by atoms with E-state index in [0.29, 0.717) is 5.02 Å². The van der Waals surface area contributed by atoms with Crippen LogP contribution >= 0.6 is 22.9 Å². The van der Waals surface area contributed by atoms with Crippen molar-refractivity contribution in [2.45, 2.75) is 39.7 Å². The molecule has 1 atom stereocenters. The Hall–Kier alpha value is -0.970. The molecule has 0 aliphatic rings. The molecule has 108 valence electrons. The Morgan fingerprint density at radius 2 is 2.20 bits per heavy atom. The molecule has 5 heteroatoms. The van der Waals surface area contributed by atoms with Crippen molar-refractivity contribution < 1.29 is 0 Å². The van der Waals surface area contributed by atoms with E-state index in [4.69, 9.17) is 11.6 Å². The summed E-state index contributed by atoms with van der Waals surface area (Å²) in [6.45, 7) is 7.30. The Bertz CT molecular complexity index is 548. The maximum atomic E-state index is 6.28. The van der Waals surface area contributed by atoms with Gasteiger partial charge in [0, 0.05) is 29.7 Å². The molecule has 2 heterocycles. The zero-order valence-electron chi connectivity index (χ0n) is 12.1. The van der Waals surface area contributed by atoms with E-state index in [1.807, 2.05) is 6.07 Å². The number of hydrogen-bond donors (Lipinski definition) is 1. The second-order valence-electron chi connectivity index (χ2n) is 4.86. The highest BCUT2D eigenvalue weighted by atomic mass is 35.5. The molecule has 1 unspecified atom stereocenters. The average molecular weight is 310 g/mol. The topological polar surface area (TPSA) is 37.8 Å². The molecule has 2 rings (SSSR count). The summed E-state index contributed by atoms with van der Waals surface area (Å²) in [5, 5.41) is 5.43. The second kappa shape index (κ2) is 7.16. The van der Waals surface area contributed by atoms with E-state index in [9.17, 15) is 0 Å². The first-order chi connectivity index (χ1) is 9.61. The van der Waals surface area contributed by atoms with Crippen LogP contribution in [0.25, 0.3) is 0 Å². The van der Waals surface area contributed by atoms with Gasteiger partial charge in [-0.15, -0.1) is 11.3 Å². The molecular weight excluding hydrogens is 290 g/mol. The molecule has 0 aliphatic carbocycles. The zero-order chi connectivity index (χ0) is 14.5. The maximum absolute atomic E-state index is 6.28. The van der Waals surface area contributed by atoms with Gasteiger partial charge in [0.05, 0.1) is 15.7 Å². The van der Waals surface area contributed by atoms with Crippen LogP contribution in [-0.2, 0) is 6.42 Å². The van der Waals surface area contributed by atoms with Crippen LogP contribution in [0.1, 0.15) is 40.5 Å². The first-order valence-corrected chi connectivity index (χ1v) is 8.07. The van der Waals surface area contributed by atoms with E-state index in [0.717, 1.165) is 35.7 Å². The average Bonchev–Trinajstić information content (AvgIpc) is 2.74. The summed E-state index contributed by atoms with van der Waals surface area (Å²) in [5.41, 5.74) is 2.22. The monoisotopic (exact) mass is 309 g/mol. The molecule has 0 aliphatic heterocycles. The summed E-state index contributed by atoms with van der Waals surface area (Å²) in [5.74, 6) is 0. The first kappa shape index (κ1) is 15.4. The number of halogens is 1. The predicted octanol–water partition coefficient (Wildman–Crippen LogP) is 4.09. The van der Waals surface area contributed by atoms with Crippen LogP contribution in [0.5, 0.6) is 0 Å². The van der Waals surface area contributed by atoms with Crippen LogP contribution < -0.4 is 5.32 Å². The van der Waals surface area contributed by atoms with Crippen molar-refractivity contribution in [1.82, 2.24) is 15.3 Å². The Morgan fingerprint density at radius 1 is 1.40 bits per heavy atom. The SMILES string of the molecule is CCCNC(Cc1nc(C)c(C)s1)c1ccncc1Cl. The highest BCUT2D eigenvalue weighted by Gasteiger charge is 2.17. The summed E-state index contributed by atoms with van der Waals surface area (Å²) < 4.78 is 0. The number of aryl methyl sites for hydroxylation is 2. The lowest BCUT2D eigenvalue weighted by Crippen LogP contribution is -2.24. The van der Waals surface area contributed by atoms with Crippen molar-refractivity contribution in [3.8, 4) is 0 Å². The third-order valence-electron chi connectivity index (χ3n) is 3.27. The number of rotatable bonds is 6. The third kappa shape index (κ3) is 3.78. The lowest BCUT2D eigenvalue weighted by atomic mass is 10.1. The number of hydrogen-bond acceptors (Lipinski definition) is 4. The van der Waals surface area contributed by atoms with E-state index in [1.165, 1.54) is 4.88 Å². The minimum Gasteiger partial charge on any atom is -0.310 e. The molecule has 0 bridgehead atoms. The highest BCUT2D eigenvalue weighted by molar-refractivity contribution is 7.11. The van der Waals surface area contributed by atoms with Crippen LogP contribution in [0, 0.1) is 13.8 Å². The smallest absolute Gasteiger partial charge is 0.0949 e. The van der Waals surface area contributed by atoms with Gasteiger partial charge in [-0.3, -0.25) is 4.98 Å². The summed E-state index contributed by atoms with van der Waals surface area (Å²) in [6, 6.07) is 2.18. The summed E-state index contributed by atoms with van der Waals surface area (Å²) >= 11 is 8.05. The molecule has 0 spiro atoms. The third-order valence-corrected chi connectivity index (χ3v) is 4.68. The van der Waals surface area contributed by atoms with E-state index in [-0.39, 0.29) is 6.04 Å². The molecule has 0 fully saturated rings. The van der Waals surface area contributed by atoms with Crippen molar-refractivity contribution in [3.63, 3.8) is 0 Å². The van der Waals surface area contributed by atoms with Crippen LogP contribution in [0.4, 0.5) is 0 Å². The van der Waals surface area contributed by atoms with Crippen LogP contribution in [0.3, 0.4) is 0 Å². The maximum Gasteiger partial charge on any atom is 0.0949 e. The van der Waals surface area contributed by atoms with Gasteiger partial charge in [0.1, 0.15) is 0 Å². The van der Waals surface area contributed by atoms with Gasteiger partial charge in [-0.25, -0.2) is 4.98 Å². The Morgan fingerprint density at radius 3 is 2.80 bits per heavy atom. The van der Waals surface area contributed by atoms with Crippen LogP contribution in [-0.4, -0.2) is 16.5 Å². The quantitative estimate of drug-likeness (QED) is 0.873. The first-order valence-electron chi connectivity index (χ1n) is 6.87. The van der Waals surface area contributed by atoms with Crippen LogP contribution in [0.2, 0.25) is 5.02 Å². The summed E-state index contributed by atoms with van der Waals surface area (Å²) in [7, 11) is 0. The molecule has 0 saturated heterocycles. The summed E-state index contributed by atoms with van der Waals surface area (Å²) in [6.07, 6.45) is 5.45.